The number of Topliss-reactive ketones (excluding diaryl/α,β-unsaturated/α-hetero) is 1. The van der Waals surface area contributed by atoms with Gasteiger partial charge in [0.15, 0.2) is 0 Å². The molecule has 0 aliphatic heterocycles. The van der Waals surface area contributed by atoms with Gasteiger partial charge in [-0.25, -0.2) is 0 Å². The third-order valence-electron chi connectivity index (χ3n) is 11.0. The summed E-state index contributed by atoms with van der Waals surface area (Å²) in [5.74, 6) is 3.76. The highest BCUT2D eigenvalue weighted by Gasteiger charge is 2.61. The number of carbonyl (C=O) groups is 1. The molecule has 4 fully saturated rings. The van der Waals surface area contributed by atoms with Crippen LogP contribution in [0.2, 0.25) is 0 Å². The molecular weight excluding hydrogens is 380 g/mol. The molecule has 0 bridgehead atoms. The van der Waals surface area contributed by atoms with Crippen LogP contribution in [-0.4, -0.2) is 16.5 Å². The number of aryl methyl sites for hydroxylation is 1. The second-order valence-corrected chi connectivity index (χ2v) is 12.4. The molecule has 0 amide bonds. The molecule has 1 aromatic carbocycles. The van der Waals surface area contributed by atoms with Crippen LogP contribution in [-0.2, 0) is 11.2 Å². The first-order valence-corrected chi connectivity index (χ1v) is 13.0. The SMILES string of the molecule is CC(=O)[C@H]1CC[C@H]2[C@@H]3CCC4CC(O)(CCc5ccccc5)CC[C@]4(C)[C@H]3CC[C@]12C. The predicted molar refractivity (Wildman–Crippen MR) is 126 cm³/mol. The number of rotatable bonds is 4. The standard InChI is InChI=1S/C29H42O2/c1-20(30)24-11-12-25-23-10-9-22-19-29(31,16-13-21-7-5-4-6-8-21)18-17-27(22,2)26(23)14-15-28(24,25)3/h4-8,22-26,31H,9-19H2,1-3H3/t22?,23-,24+,25-,26-,27-,28+,29?/m0/s1. The molecule has 31 heavy (non-hydrogen) atoms. The van der Waals surface area contributed by atoms with Crippen LogP contribution >= 0.6 is 0 Å². The molecule has 2 unspecified atom stereocenters. The van der Waals surface area contributed by atoms with Gasteiger partial charge in [0.1, 0.15) is 5.78 Å². The Morgan fingerprint density at radius 2 is 1.68 bits per heavy atom. The summed E-state index contributed by atoms with van der Waals surface area (Å²) in [5, 5.41) is 11.5. The van der Waals surface area contributed by atoms with Crippen molar-refractivity contribution >= 4 is 5.78 Å². The number of carbonyl (C=O) groups excluding carboxylic acids is 1. The highest BCUT2D eigenvalue weighted by molar-refractivity contribution is 5.79. The van der Waals surface area contributed by atoms with Gasteiger partial charge in [-0.3, -0.25) is 4.79 Å². The minimum absolute atomic E-state index is 0.251. The Bertz CT molecular complexity index is 817. The summed E-state index contributed by atoms with van der Waals surface area (Å²) in [5.41, 5.74) is 1.50. The Kier molecular flexibility index (Phi) is 5.40. The van der Waals surface area contributed by atoms with Crippen molar-refractivity contribution in [3.8, 4) is 0 Å². The number of fused-ring (bicyclic) bond motifs is 5. The van der Waals surface area contributed by atoms with Crippen molar-refractivity contribution in [1.82, 2.24) is 0 Å². The van der Waals surface area contributed by atoms with E-state index in [1.807, 2.05) is 6.92 Å². The maximum atomic E-state index is 12.4. The van der Waals surface area contributed by atoms with Crippen LogP contribution in [0.15, 0.2) is 30.3 Å². The molecule has 2 nitrogen and oxygen atoms in total. The zero-order valence-corrected chi connectivity index (χ0v) is 19.9. The van der Waals surface area contributed by atoms with Gasteiger partial charge in [0.2, 0.25) is 0 Å². The van der Waals surface area contributed by atoms with E-state index in [9.17, 15) is 9.90 Å². The van der Waals surface area contributed by atoms with Crippen molar-refractivity contribution in [1.29, 1.82) is 0 Å². The number of ketones is 1. The van der Waals surface area contributed by atoms with Crippen molar-refractivity contribution in [2.24, 2.45) is 40.4 Å². The van der Waals surface area contributed by atoms with E-state index in [4.69, 9.17) is 0 Å². The number of hydrogen-bond acceptors (Lipinski definition) is 2. The van der Waals surface area contributed by atoms with Gasteiger partial charge < -0.3 is 5.11 Å². The van der Waals surface area contributed by atoms with Gasteiger partial charge >= 0.3 is 0 Å². The normalized spacial score (nSPS) is 46.6. The quantitative estimate of drug-likeness (QED) is 0.593. The van der Waals surface area contributed by atoms with E-state index < -0.39 is 5.60 Å². The van der Waals surface area contributed by atoms with Crippen LogP contribution in [0.1, 0.15) is 90.5 Å². The van der Waals surface area contributed by atoms with E-state index in [0.29, 0.717) is 23.0 Å². The highest BCUT2D eigenvalue weighted by Crippen LogP contribution is 2.68. The van der Waals surface area contributed by atoms with Crippen LogP contribution in [0, 0.1) is 40.4 Å². The predicted octanol–water partition coefficient (Wildman–Crippen LogP) is 6.60. The summed E-state index contributed by atoms with van der Waals surface area (Å²) < 4.78 is 0. The fourth-order valence-corrected chi connectivity index (χ4v) is 9.24. The van der Waals surface area contributed by atoms with Crippen molar-refractivity contribution in [3.05, 3.63) is 35.9 Å². The lowest BCUT2D eigenvalue weighted by atomic mass is 9.43. The van der Waals surface area contributed by atoms with Crippen molar-refractivity contribution in [2.45, 2.75) is 97.0 Å². The van der Waals surface area contributed by atoms with Crippen LogP contribution in [0.4, 0.5) is 0 Å². The topological polar surface area (TPSA) is 37.3 Å². The molecule has 0 radical (unpaired) electrons. The summed E-state index contributed by atoms with van der Waals surface area (Å²) >= 11 is 0. The molecule has 0 aromatic heterocycles. The van der Waals surface area contributed by atoms with Crippen LogP contribution in [0.25, 0.3) is 0 Å². The first kappa shape index (κ1) is 21.7. The Labute approximate surface area is 189 Å². The smallest absolute Gasteiger partial charge is 0.133 e. The van der Waals surface area contributed by atoms with Gasteiger partial charge in [-0.1, -0.05) is 44.2 Å². The Morgan fingerprint density at radius 1 is 0.935 bits per heavy atom. The van der Waals surface area contributed by atoms with E-state index in [1.165, 1.54) is 44.1 Å². The molecule has 4 aliphatic carbocycles. The number of hydrogen-bond donors (Lipinski definition) is 1. The van der Waals surface area contributed by atoms with E-state index >= 15 is 0 Å². The average Bonchev–Trinajstić information content (AvgIpc) is 3.11. The van der Waals surface area contributed by atoms with Gasteiger partial charge in [0, 0.05) is 5.92 Å². The van der Waals surface area contributed by atoms with Gasteiger partial charge in [-0.2, -0.15) is 0 Å². The van der Waals surface area contributed by atoms with Crippen LogP contribution < -0.4 is 0 Å². The third kappa shape index (κ3) is 3.52. The van der Waals surface area contributed by atoms with E-state index in [0.717, 1.165) is 49.9 Å². The lowest BCUT2D eigenvalue weighted by molar-refractivity contribution is -0.154. The third-order valence-corrected chi connectivity index (χ3v) is 11.0. The minimum atomic E-state index is -0.483. The van der Waals surface area contributed by atoms with Crippen molar-refractivity contribution in [2.75, 3.05) is 0 Å². The van der Waals surface area contributed by atoms with E-state index in [2.05, 4.69) is 44.2 Å². The summed E-state index contributed by atoms with van der Waals surface area (Å²) in [7, 11) is 0. The zero-order chi connectivity index (χ0) is 21.9. The molecule has 8 atom stereocenters. The molecule has 4 saturated carbocycles. The number of benzene rings is 1. The molecule has 0 saturated heterocycles. The molecule has 4 aliphatic rings. The fraction of sp³-hybridized carbons (Fsp3) is 0.759. The first-order chi connectivity index (χ1) is 14.8. The Hall–Kier alpha value is -1.15. The average molecular weight is 423 g/mol. The molecule has 0 spiro atoms. The van der Waals surface area contributed by atoms with Gasteiger partial charge in [-0.15, -0.1) is 0 Å². The molecular formula is C29H42O2. The van der Waals surface area contributed by atoms with E-state index in [1.54, 1.807) is 0 Å². The summed E-state index contributed by atoms with van der Waals surface area (Å²) in [6.07, 6.45) is 12.6. The van der Waals surface area contributed by atoms with Gasteiger partial charge in [0.25, 0.3) is 0 Å². The molecule has 2 heteroatoms. The molecule has 5 rings (SSSR count). The summed E-state index contributed by atoms with van der Waals surface area (Å²) in [4.78, 5) is 12.4. The zero-order valence-electron chi connectivity index (χ0n) is 19.9. The van der Waals surface area contributed by atoms with Gasteiger partial charge in [0.05, 0.1) is 5.60 Å². The van der Waals surface area contributed by atoms with Crippen molar-refractivity contribution < 1.29 is 9.90 Å². The fourth-order valence-electron chi connectivity index (χ4n) is 9.24. The molecule has 0 heterocycles. The monoisotopic (exact) mass is 422 g/mol. The molecule has 1 N–H and O–H groups in total. The summed E-state index contributed by atoms with van der Waals surface area (Å²) in [6.45, 7) is 6.86. The van der Waals surface area contributed by atoms with Gasteiger partial charge in [-0.05, 0) is 118 Å². The van der Waals surface area contributed by atoms with Crippen LogP contribution in [0.5, 0.6) is 0 Å². The molecule has 1 aromatic rings. The van der Waals surface area contributed by atoms with Crippen molar-refractivity contribution in [3.63, 3.8) is 0 Å². The maximum absolute atomic E-state index is 12.4. The minimum Gasteiger partial charge on any atom is -0.390 e. The molecule has 170 valence electrons. The maximum Gasteiger partial charge on any atom is 0.133 e. The second kappa shape index (κ2) is 7.72. The second-order valence-electron chi connectivity index (χ2n) is 12.4. The Balaban J connectivity index is 1.30. The largest absolute Gasteiger partial charge is 0.390 e. The number of aliphatic hydroxyl groups is 1. The lowest BCUT2D eigenvalue weighted by Gasteiger charge is -2.62. The Morgan fingerprint density at radius 3 is 2.42 bits per heavy atom. The first-order valence-electron chi connectivity index (χ1n) is 13.0. The van der Waals surface area contributed by atoms with E-state index in [-0.39, 0.29) is 5.41 Å². The highest BCUT2D eigenvalue weighted by atomic mass is 16.3. The van der Waals surface area contributed by atoms with Crippen LogP contribution in [0.3, 0.4) is 0 Å². The lowest BCUT2D eigenvalue weighted by Crippen LogP contribution is -2.56. The summed E-state index contributed by atoms with van der Waals surface area (Å²) in [6, 6.07) is 10.7.